The predicted molar refractivity (Wildman–Crippen MR) is 149 cm³/mol. The molecule has 3 rings (SSSR count). The maximum atomic E-state index is 6.05. The number of hydrogen-bond donors (Lipinski definition) is 0. The van der Waals surface area contributed by atoms with Gasteiger partial charge in [-0.05, 0) is 62.0 Å². The van der Waals surface area contributed by atoms with Crippen molar-refractivity contribution in [2.24, 2.45) is 5.92 Å². The Bertz CT molecular complexity index is 793. The van der Waals surface area contributed by atoms with Gasteiger partial charge in [-0.2, -0.15) is 0 Å². The second-order valence-electron chi connectivity index (χ2n) is 10.9. The van der Waals surface area contributed by atoms with Crippen LogP contribution in [-0.4, -0.2) is 16.1 Å². The number of hydrogen-bond acceptors (Lipinski definition) is 3. The molecule has 0 saturated heterocycles. The number of aromatic nitrogens is 2. The molecule has 0 amide bonds. The van der Waals surface area contributed by atoms with Gasteiger partial charge in [0, 0.05) is 18.0 Å². The zero-order valence-electron chi connectivity index (χ0n) is 22.8. The van der Waals surface area contributed by atoms with Crippen molar-refractivity contribution < 1.29 is 4.74 Å². The van der Waals surface area contributed by atoms with E-state index in [2.05, 4.69) is 57.4 Å². The SMILES string of the molecule is CCCCCCCC1CCC(c2cnc(-c3ccc(COC(C)CCCCCC)cc3)nc2)CC1. The van der Waals surface area contributed by atoms with Crippen LogP contribution in [0.25, 0.3) is 11.4 Å². The summed E-state index contributed by atoms with van der Waals surface area (Å²) in [6.45, 7) is 7.42. The van der Waals surface area contributed by atoms with Crippen LogP contribution in [0.15, 0.2) is 36.7 Å². The molecular formula is C32H50N2O. The topological polar surface area (TPSA) is 35.0 Å². The fourth-order valence-corrected chi connectivity index (χ4v) is 5.45. The van der Waals surface area contributed by atoms with Crippen LogP contribution < -0.4 is 0 Å². The lowest BCUT2D eigenvalue weighted by molar-refractivity contribution is 0.0459. The molecular weight excluding hydrogens is 428 g/mol. The number of unbranched alkanes of at least 4 members (excludes halogenated alkanes) is 7. The highest BCUT2D eigenvalue weighted by Crippen LogP contribution is 2.37. The Kier molecular flexibility index (Phi) is 12.8. The molecule has 2 aromatic rings. The monoisotopic (exact) mass is 478 g/mol. The highest BCUT2D eigenvalue weighted by molar-refractivity contribution is 5.55. The largest absolute Gasteiger partial charge is 0.374 e. The molecule has 194 valence electrons. The summed E-state index contributed by atoms with van der Waals surface area (Å²) in [4.78, 5) is 9.46. The molecule has 1 aliphatic carbocycles. The quantitative estimate of drug-likeness (QED) is 0.225. The third-order valence-corrected chi connectivity index (χ3v) is 7.92. The summed E-state index contributed by atoms with van der Waals surface area (Å²) in [5.41, 5.74) is 3.63. The Morgan fingerprint density at radius 2 is 1.43 bits per heavy atom. The molecule has 0 radical (unpaired) electrons. The molecule has 0 N–H and O–H groups in total. The van der Waals surface area contributed by atoms with E-state index in [1.54, 1.807) is 0 Å². The molecule has 0 aliphatic heterocycles. The fraction of sp³-hybridized carbons (Fsp3) is 0.688. The number of benzene rings is 1. The van der Waals surface area contributed by atoms with E-state index in [9.17, 15) is 0 Å². The van der Waals surface area contributed by atoms with E-state index in [1.807, 2.05) is 0 Å². The Morgan fingerprint density at radius 1 is 0.800 bits per heavy atom. The first-order valence-corrected chi connectivity index (χ1v) is 14.7. The molecule has 1 fully saturated rings. The third-order valence-electron chi connectivity index (χ3n) is 7.92. The van der Waals surface area contributed by atoms with Gasteiger partial charge in [0.15, 0.2) is 5.82 Å². The highest BCUT2D eigenvalue weighted by Gasteiger charge is 2.22. The summed E-state index contributed by atoms with van der Waals surface area (Å²) in [6, 6.07) is 8.57. The van der Waals surface area contributed by atoms with Crippen LogP contribution in [0.3, 0.4) is 0 Å². The van der Waals surface area contributed by atoms with Crippen molar-refractivity contribution >= 4 is 0 Å². The summed E-state index contributed by atoms with van der Waals surface area (Å²) in [5.74, 6) is 2.41. The van der Waals surface area contributed by atoms with Crippen LogP contribution in [-0.2, 0) is 11.3 Å². The Morgan fingerprint density at radius 3 is 2.09 bits per heavy atom. The fourth-order valence-electron chi connectivity index (χ4n) is 5.45. The Labute approximate surface area is 215 Å². The normalized spacial score (nSPS) is 19.1. The summed E-state index contributed by atoms with van der Waals surface area (Å²) >= 11 is 0. The number of nitrogens with zero attached hydrogens (tertiary/aromatic N) is 2. The minimum absolute atomic E-state index is 0.322. The molecule has 0 bridgehead atoms. The molecule has 0 spiro atoms. The molecule has 3 nitrogen and oxygen atoms in total. The second-order valence-corrected chi connectivity index (χ2v) is 10.9. The molecule has 35 heavy (non-hydrogen) atoms. The molecule has 1 atom stereocenters. The number of ether oxygens (including phenoxy) is 1. The smallest absolute Gasteiger partial charge is 0.159 e. The summed E-state index contributed by atoms with van der Waals surface area (Å²) in [5, 5.41) is 0. The van der Waals surface area contributed by atoms with Crippen LogP contribution in [0.2, 0.25) is 0 Å². The van der Waals surface area contributed by atoms with E-state index in [-0.39, 0.29) is 0 Å². The zero-order valence-corrected chi connectivity index (χ0v) is 22.8. The van der Waals surface area contributed by atoms with E-state index in [4.69, 9.17) is 14.7 Å². The average Bonchev–Trinajstić information content (AvgIpc) is 2.91. The van der Waals surface area contributed by atoms with Crippen molar-refractivity contribution in [1.29, 1.82) is 0 Å². The van der Waals surface area contributed by atoms with E-state index < -0.39 is 0 Å². The van der Waals surface area contributed by atoms with Crippen molar-refractivity contribution in [2.75, 3.05) is 0 Å². The summed E-state index contributed by atoms with van der Waals surface area (Å²) < 4.78 is 6.05. The first-order chi connectivity index (χ1) is 17.2. The maximum absolute atomic E-state index is 6.05. The van der Waals surface area contributed by atoms with Crippen molar-refractivity contribution in [3.63, 3.8) is 0 Å². The minimum Gasteiger partial charge on any atom is -0.374 e. The van der Waals surface area contributed by atoms with Gasteiger partial charge in [0.25, 0.3) is 0 Å². The van der Waals surface area contributed by atoms with Crippen LogP contribution in [0.4, 0.5) is 0 Å². The molecule has 1 saturated carbocycles. The molecule has 1 aromatic heterocycles. The van der Waals surface area contributed by atoms with Gasteiger partial charge in [0.2, 0.25) is 0 Å². The lowest BCUT2D eigenvalue weighted by atomic mass is 9.77. The van der Waals surface area contributed by atoms with Gasteiger partial charge in [-0.25, -0.2) is 9.97 Å². The van der Waals surface area contributed by atoms with Gasteiger partial charge in [-0.3, -0.25) is 0 Å². The van der Waals surface area contributed by atoms with E-state index >= 15 is 0 Å². The van der Waals surface area contributed by atoms with Crippen LogP contribution >= 0.6 is 0 Å². The second kappa shape index (κ2) is 16.1. The van der Waals surface area contributed by atoms with Gasteiger partial charge in [-0.15, -0.1) is 0 Å². The first-order valence-electron chi connectivity index (χ1n) is 14.7. The highest BCUT2D eigenvalue weighted by atomic mass is 16.5. The van der Waals surface area contributed by atoms with Gasteiger partial charge in [-0.1, -0.05) is 102 Å². The Balaban J connectivity index is 1.39. The minimum atomic E-state index is 0.322. The molecule has 3 heteroatoms. The maximum Gasteiger partial charge on any atom is 0.159 e. The molecule has 1 aliphatic rings. The van der Waals surface area contributed by atoms with E-state index in [0.29, 0.717) is 18.6 Å². The molecule has 1 unspecified atom stereocenters. The predicted octanol–water partition coefficient (Wildman–Crippen LogP) is 9.65. The van der Waals surface area contributed by atoms with Crippen LogP contribution in [0, 0.1) is 5.92 Å². The standard InChI is InChI=1S/C32H50N2O/c1-4-6-8-10-12-14-27-15-19-29(20-16-27)31-23-33-32(34-24-31)30-21-17-28(18-22-30)25-35-26(3)13-11-9-7-5-2/h17-18,21-24,26-27,29H,4-16,19-20,25H2,1-3H3. The first kappa shape index (κ1) is 27.8. The van der Waals surface area contributed by atoms with Gasteiger partial charge in [0.05, 0.1) is 12.7 Å². The average molecular weight is 479 g/mol. The van der Waals surface area contributed by atoms with Crippen LogP contribution in [0.5, 0.6) is 0 Å². The molecule has 1 heterocycles. The van der Waals surface area contributed by atoms with Crippen molar-refractivity contribution in [1.82, 2.24) is 9.97 Å². The van der Waals surface area contributed by atoms with Crippen molar-refractivity contribution in [2.45, 2.75) is 136 Å². The molecule has 1 aromatic carbocycles. The van der Waals surface area contributed by atoms with Gasteiger partial charge >= 0.3 is 0 Å². The van der Waals surface area contributed by atoms with Gasteiger partial charge < -0.3 is 4.74 Å². The van der Waals surface area contributed by atoms with Crippen LogP contribution in [0.1, 0.15) is 134 Å². The Hall–Kier alpha value is -1.74. The number of rotatable bonds is 16. The van der Waals surface area contributed by atoms with Gasteiger partial charge in [0.1, 0.15) is 0 Å². The van der Waals surface area contributed by atoms with E-state index in [0.717, 1.165) is 23.7 Å². The summed E-state index contributed by atoms with van der Waals surface area (Å²) in [6.07, 6.45) is 24.6. The van der Waals surface area contributed by atoms with Crippen molar-refractivity contribution in [3.8, 4) is 11.4 Å². The third kappa shape index (κ3) is 10.0. The summed E-state index contributed by atoms with van der Waals surface area (Å²) in [7, 11) is 0. The zero-order chi connectivity index (χ0) is 24.7. The van der Waals surface area contributed by atoms with E-state index in [1.165, 1.54) is 101 Å². The lowest BCUT2D eigenvalue weighted by Gasteiger charge is -2.28. The lowest BCUT2D eigenvalue weighted by Crippen LogP contribution is -2.14. The van der Waals surface area contributed by atoms with Crippen molar-refractivity contribution in [3.05, 3.63) is 47.8 Å².